The van der Waals surface area contributed by atoms with E-state index in [0.29, 0.717) is 19.1 Å². The topological polar surface area (TPSA) is 47.1 Å². The molecule has 0 fully saturated rings. The number of hydrogen-bond acceptors (Lipinski definition) is 3. The standard InChI is InChI=1S/C16H22N2O2/c1-10(16(2,3)4)7-15-17-11-8-13-14(9-12(11)18-15)20-6-5-19-13/h8-10H,5-7H2,1-4H3,(H,17,18). The van der Waals surface area contributed by atoms with Crippen LogP contribution in [0.5, 0.6) is 11.5 Å². The third-order valence-corrected chi connectivity index (χ3v) is 4.17. The molecule has 1 aromatic heterocycles. The molecule has 3 rings (SSSR count). The first-order valence-corrected chi connectivity index (χ1v) is 7.22. The summed E-state index contributed by atoms with van der Waals surface area (Å²) in [5.41, 5.74) is 2.25. The summed E-state index contributed by atoms with van der Waals surface area (Å²) >= 11 is 0. The number of benzene rings is 1. The lowest BCUT2D eigenvalue weighted by Crippen LogP contribution is -2.19. The van der Waals surface area contributed by atoms with E-state index in [1.54, 1.807) is 0 Å². The number of hydrogen-bond donors (Lipinski definition) is 1. The van der Waals surface area contributed by atoms with Gasteiger partial charge in [-0.05, 0) is 11.3 Å². The van der Waals surface area contributed by atoms with Crippen LogP contribution < -0.4 is 9.47 Å². The van der Waals surface area contributed by atoms with Crippen LogP contribution in [-0.2, 0) is 6.42 Å². The molecule has 2 heterocycles. The summed E-state index contributed by atoms with van der Waals surface area (Å²) in [6.07, 6.45) is 0.949. The van der Waals surface area contributed by atoms with Crippen LogP contribution in [0, 0.1) is 11.3 Å². The van der Waals surface area contributed by atoms with Crippen LogP contribution in [0.1, 0.15) is 33.5 Å². The zero-order chi connectivity index (χ0) is 14.3. The molecule has 1 atom stereocenters. The molecular formula is C16H22N2O2. The molecule has 1 aromatic carbocycles. The highest BCUT2D eigenvalue weighted by Gasteiger charge is 2.22. The average molecular weight is 274 g/mol. The first kappa shape index (κ1) is 13.3. The summed E-state index contributed by atoms with van der Waals surface area (Å²) in [5.74, 6) is 3.20. The van der Waals surface area contributed by atoms with Gasteiger partial charge in [-0.1, -0.05) is 27.7 Å². The number of nitrogens with one attached hydrogen (secondary N) is 1. The highest BCUT2D eigenvalue weighted by Crippen LogP contribution is 2.34. The summed E-state index contributed by atoms with van der Waals surface area (Å²) in [6.45, 7) is 10.3. The maximum Gasteiger partial charge on any atom is 0.163 e. The summed E-state index contributed by atoms with van der Waals surface area (Å²) in [6, 6.07) is 3.95. The smallest absolute Gasteiger partial charge is 0.163 e. The normalized spacial score (nSPS) is 16.4. The van der Waals surface area contributed by atoms with Gasteiger partial charge in [-0.15, -0.1) is 0 Å². The molecular weight excluding hydrogens is 252 g/mol. The lowest BCUT2D eigenvalue weighted by Gasteiger charge is -2.26. The number of imidazole rings is 1. The third-order valence-electron chi connectivity index (χ3n) is 4.17. The molecule has 1 aliphatic rings. The van der Waals surface area contributed by atoms with Crippen LogP contribution in [0.4, 0.5) is 0 Å². The van der Waals surface area contributed by atoms with E-state index in [2.05, 4.69) is 37.7 Å². The second-order valence-corrected chi connectivity index (χ2v) is 6.67. The molecule has 108 valence electrons. The van der Waals surface area contributed by atoms with Crippen LogP contribution in [0.3, 0.4) is 0 Å². The van der Waals surface area contributed by atoms with Crippen molar-refractivity contribution < 1.29 is 9.47 Å². The van der Waals surface area contributed by atoms with E-state index in [0.717, 1.165) is 34.8 Å². The Balaban J connectivity index is 1.91. The predicted molar refractivity (Wildman–Crippen MR) is 79.4 cm³/mol. The van der Waals surface area contributed by atoms with Crippen molar-refractivity contribution in [2.24, 2.45) is 11.3 Å². The summed E-state index contributed by atoms with van der Waals surface area (Å²) in [4.78, 5) is 8.09. The highest BCUT2D eigenvalue weighted by atomic mass is 16.6. The minimum absolute atomic E-state index is 0.282. The molecule has 4 nitrogen and oxygen atoms in total. The van der Waals surface area contributed by atoms with E-state index in [9.17, 15) is 0 Å². The Kier molecular flexibility index (Phi) is 3.11. The van der Waals surface area contributed by atoms with Gasteiger partial charge in [0.25, 0.3) is 0 Å². The van der Waals surface area contributed by atoms with Gasteiger partial charge in [0.1, 0.15) is 19.0 Å². The number of aromatic nitrogens is 2. The molecule has 0 aliphatic carbocycles. The molecule has 20 heavy (non-hydrogen) atoms. The van der Waals surface area contributed by atoms with E-state index in [1.807, 2.05) is 12.1 Å². The minimum atomic E-state index is 0.282. The molecule has 0 saturated heterocycles. The van der Waals surface area contributed by atoms with Crippen molar-refractivity contribution in [1.29, 1.82) is 0 Å². The summed E-state index contributed by atoms with van der Waals surface area (Å²) < 4.78 is 11.2. The molecule has 0 radical (unpaired) electrons. The number of ether oxygens (including phenoxy) is 2. The Morgan fingerprint density at radius 2 is 1.85 bits per heavy atom. The quantitative estimate of drug-likeness (QED) is 0.911. The van der Waals surface area contributed by atoms with Crippen molar-refractivity contribution >= 4 is 11.0 Å². The number of aromatic amines is 1. The molecule has 1 N–H and O–H groups in total. The van der Waals surface area contributed by atoms with E-state index >= 15 is 0 Å². The van der Waals surface area contributed by atoms with Gasteiger partial charge in [-0.3, -0.25) is 0 Å². The van der Waals surface area contributed by atoms with Gasteiger partial charge < -0.3 is 14.5 Å². The molecule has 0 spiro atoms. The molecule has 1 aliphatic heterocycles. The van der Waals surface area contributed by atoms with E-state index < -0.39 is 0 Å². The lowest BCUT2D eigenvalue weighted by molar-refractivity contribution is 0.172. The number of nitrogens with zero attached hydrogens (tertiary/aromatic N) is 1. The molecule has 0 saturated carbocycles. The molecule has 1 unspecified atom stereocenters. The minimum Gasteiger partial charge on any atom is -0.486 e. The van der Waals surface area contributed by atoms with Gasteiger partial charge >= 0.3 is 0 Å². The zero-order valence-electron chi connectivity index (χ0n) is 12.6. The molecule has 0 amide bonds. The van der Waals surface area contributed by atoms with E-state index in [1.165, 1.54) is 0 Å². The zero-order valence-corrected chi connectivity index (χ0v) is 12.6. The van der Waals surface area contributed by atoms with Gasteiger partial charge in [-0.2, -0.15) is 0 Å². The van der Waals surface area contributed by atoms with Crippen molar-refractivity contribution in [3.05, 3.63) is 18.0 Å². The fourth-order valence-corrected chi connectivity index (χ4v) is 2.29. The van der Waals surface area contributed by atoms with Crippen molar-refractivity contribution in [2.45, 2.75) is 34.1 Å². The number of H-pyrrole nitrogens is 1. The molecule has 2 aromatic rings. The van der Waals surface area contributed by atoms with Gasteiger partial charge in [0.15, 0.2) is 11.5 Å². The fourth-order valence-electron chi connectivity index (χ4n) is 2.29. The first-order chi connectivity index (χ1) is 9.43. The summed E-state index contributed by atoms with van der Waals surface area (Å²) in [7, 11) is 0. The van der Waals surface area contributed by atoms with Crippen molar-refractivity contribution in [1.82, 2.24) is 9.97 Å². The maximum atomic E-state index is 5.60. The average Bonchev–Trinajstić information content (AvgIpc) is 2.75. The second-order valence-electron chi connectivity index (χ2n) is 6.67. The monoisotopic (exact) mass is 274 g/mol. The van der Waals surface area contributed by atoms with Crippen LogP contribution in [0.15, 0.2) is 12.1 Å². The Hall–Kier alpha value is -1.71. The summed E-state index contributed by atoms with van der Waals surface area (Å²) in [5, 5.41) is 0. The van der Waals surface area contributed by atoms with Gasteiger partial charge in [0, 0.05) is 18.6 Å². The Bertz CT molecular complexity index is 582. The molecule has 4 heteroatoms. The fraction of sp³-hybridized carbons (Fsp3) is 0.562. The Labute approximate surface area is 119 Å². The van der Waals surface area contributed by atoms with Crippen LogP contribution in [-0.4, -0.2) is 23.2 Å². The number of fused-ring (bicyclic) bond motifs is 2. The van der Waals surface area contributed by atoms with Crippen molar-refractivity contribution in [3.8, 4) is 11.5 Å². The largest absolute Gasteiger partial charge is 0.486 e. The Morgan fingerprint density at radius 1 is 1.20 bits per heavy atom. The predicted octanol–water partition coefficient (Wildman–Crippen LogP) is 3.56. The van der Waals surface area contributed by atoms with Gasteiger partial charge in [0.2, 0.25) is 0 Å². The SMILES string of the molecule is CC(Cc1nc2cc3c(cc2[nH]1)OCCO3)C(C)(C)C. The third kappa shape index (κ3) is 2.47. The second kappa shape index (κ2) is 4.69. The maximum absolute atomic E-state index is 5.60. The van der Waals surface area contributed by atoms with Crippen molar-refractivity contribution in [3.63, 3.8) is 0 Å². The Morgan fingerprint density at radius 3 is 2.50 bits per heavy atom. The molecule has 0 bridgehead atoms. The van der Waals surface area contributed by atoms with Gasteiger partial charge in [-0.25, -0.2) is 4.98 Å². The first-order valence-electron chi connectivity index (χ1n) is 7.22. The van der Waals surface area contributed by atoms with Crippen molar-refractivity contribution in [2.75, 3.05) is 13.2 Å². The number of rotatable bonds is 2. The van der Waals surface area contributed by atoms with Gasteiger partial charge in [0.05, 0.1) is 11.0 Å². The van der Waals surface area contributed by atoms with E-state index in [-0.39, 0.29) is 5.41 Å². The van der Waals surface area contributed by atoms with E-state index in [4.69, 9.17) is 9.47 Å². The lowest BCUT2D eigenvalue weighted by atomic mass is 9.80. The van der Waals surface area contributed by atoms with Crippen LogP contribution in [0.25, 0.3) is 11.0 Å². The van der Waals surface area contributed by atoms with Crippen LogP contribution >= 0.6 is 0 Å². The highest BCUT2D eigenvalue weighted by molar-refractivity contribution is 5.79. The van der Waals surface area contributed by atoms with Crippen LogP contribution in [0.2, 0.25) is 0 Å².